The van der Waals surface area contributed by atoms with E-state index in [-0.39, 0.29) is 18.3 Å². The van der Waals surface area contributed by atoms with Gasteiger partial charge in [-0.15, -0.1) is 0 Å². The Morgan fingerprint density at radius 3 is 2.53 bits per heavy atom. The Bertz CT molecular complexity index is 920. The highest BCUT2D eigenvalue weighted by molar-refractivity contribution is 5.57. The lowest BCUT2D eigenvalue weighted by Crippen LogP contribution is -2.20. The van der Waals surface area contributed by atoms with Gasteiger partial charge in [-0.3, -0.25) is 9.78 Å². The predicted molar refractivity (Wildman–Crippen MR) is 104 cm³/mol. The van der Waals surface area contributed by atoms with E-state index in [9.17, 15) is 8.78 Å². The highest BCUT2D eigenvalue weighted by atomic mass is 19.3. The van der Waals surface area contributed by atoms with Crippen molar-refractivity contribution in [3.05, 3.63) is 66.7 Å². The van der Waals surface area contributed by atoms with Crippen LogP contribution in [0.25, 0.3) is 11.4 Å². The van der Waals surface area contributed by atoms with Crippen molar-refractivity contribution in [2.75, 3.05) is 13.2 Å². The summed E-state index contributed by atoms with van der Waals surface area (Å²) in [5.74, 6) is 1.24. The van der Waals surface area contributed by atoms with Gasteiger partial charge >= 0.3 is 6.61 Å². The molecule has 0 radical (unpaired) electrons. The smallest absolute Gasteiger partial charge is 0.387 e. The second-order valence-electron chi connectivity index (χ2n) is 6.59. The number of pyridine rings is 1. The van der Waals surface area contributed by atoms with E-state index in [0.717, 1.165) is 17.8 Å². The molecule has 9 heteroatoms. The minimum absolute atomic E-state index is 0.131. The summed E-state index contributed by atoms with van der Waals surface area (Å²) in [5, 5.41) is 6.89. The van der Waals surface area contributed by atoms with Crippen molar-refractivity contribution >= 4 is 6.47 Å². The SMILES string of the molecule is FC(F)Oc1ccc(-c2nccn2[C@@H]2COC[C@@H]2Cc2ccncc2)cc1.O=CO. The maximum Gasteiger partial charge on any atom is 0.387 e. The lowest BCUT2D eigenvalue weighted by Gasteiger charge is -2.21. The van der Waals surface area contributed by atoms with E-state index in [0.29, 0.717) is 19.1 Å². The van der Waals surface area contributed by atoms with Gasteiger partial charge in [-0.25, -0.2) is 4.98 Å². The van der Waals surface area contributed by atoms with Crippen LogP contribution in [0.5, 0.6) is 5.75 Å². The summed E-state index contributed by atoms with van der Waals surface area (Å²) in [7, 11) is 0. The number of halogens is 2. The Morgan fingerprint density at radius 2 is 1.87 bits per heavy atom. The molecule has 3 heterocycles. The van der Waals surface area contributed by atoms with Crippen LogP contribution in [0.1, 0.15) is 11.6 Å². The molecule has 30 heavy (non-hydrogen) atoms. The summed E-state index contributed by atoms with van der Waals surface area (Å²) < 4.78 is 36.9. The lowest BCUT2D eigenvalue weighted by atomic mass is 9.95. The number of carbonyl (C=O) groups is 1. The van der Waals surface area contributed by atoms with Crippen LogP contribution in [-0.4, -0.2) is 45.9 Å². The van der Waals surface area contributed by atoms with Gasteiger partial charge in [0.1, 0.15) is 11.6 Å². The molecule has 0 saturated carbocycles. The predicted octanol–water partition coefficient (Wildman–Crippen LogP) is 3.68. The van der Waals surface area contributed by atoms with Crippen LogP contribution in [-0.2, 0) is 16.0 Å². The number of imidazole rings is 1. The fourth-order valence-electron chi connectivity index (χ4n) is 3.50. The van der Waals surface area contributed by atoms with Crippen LogP contribution >= 0.6 is 0 Å². The minimum atomic E-state index is -2.83. The summed E-state index contributed by atoms with van der Waals surface area (Å²) in [6.07, 6.45) is 8.18. The van der Waals surface area contributed by atoms with Gasteiger partial charge in [0.05, 0.1) is 19.3 Å². The Balaban J connectivity index is 0.000000806. The van der Waals surface area contributed by atoms with E-state index in [4.69, 9.17) is 14.6 Å². The molecule has 3 aromatic rings. The zero-order valence-corrected chi connectivity index (χ0v) is 16.0. The van der Waals surface area contributed by atoms with Crippen molar-refractivity contribution in [2.45, 2.75) is 19.1 Å². The molecular weight excluding hydrogens is 396 g/mol. The molecule has 1 fully saturated rings. The van der Waals surface area contributed by atoms with Crippen LogP contribution in [0.4, 0.5) is 8.78 Å². The molecule has 0 unspecified atom stereocenters. The number of nitrogens with zero attached hydrogens (tertiary/aromatic N) is 3. The summed E-state index contributed by atoms with van der Waals surface area (Å²) in [5.41, 5.74) is 2.07. The normalized spacial score (nSPS) is 18.0. The quantitative estimate of drug-likeness (QED) is 0.616. The van der Waals surface area contributed by atoms with Gasteiger partial charge in [0, 0.05) is 36.3 Å². The minimum Gasteiger partial charge on any atom is -0.483 e. The largest absolute Gasteiger partial charge is 0.483 e. The van der Waals surface area contributed by atoms with Crippen molar-refractivity contribution in [1.82, 2.24) is 14.5 Å². The molecule has 2 aromatic heterocycles. The van der Waals surface area contributed by atoms with E-state index in [2.05, 4.69) is 19.3 Å². The van der Waals surface area contributed by atoms with Gasteiger partial charge in [-0.05, 0) is 48.4 Å². The van der Waals surface area contributed by atoms with Crippen molar-refractivity contribution < 1.29 is 28.2 Å². The lowest BCUT2D eigenvalue weighted by molar-refractivity contribution is -0.122. The average molecular weight is 417 g/mol. The van der Waals surface area contributed by atoms with E-state index in [1.165, 1.54) is 17.7 Å². The second-order valence-corrected chi connectivity index (χ2v) is 6.59. The first kappa shape index (κ1) is 21.4. The van der Waals surface area contributed by atoms with Gasteiger partial charge in [0.15, 0.2) is 0 Å². The first-order valence-corrected chi connectivity index (χ1v) is 9.25. The first-order valence-electron chi connectivity index (χ1n) is 9.25. The molecule has 0 bridgehead atoms. The molecule has 0 spiro atoms. The van der Waals surface area contributed by atoms with Gasteiger partial charge in [0.25, 0.3) is 6.47 Å². The number of alkyl halides is 2. The molecule has 158 valence electrons. The van der Waals surface area contributed by atoms with Crippen LogP contribution in [0, 0.1) is 5.92 Å². The second kappa shape index (κ2) is 10.4. The zero-order valence-electron chi connectivity index (χ0n) is 16.0. The number of hydrogen-bond acceptors (Lipinski definition) is 5. The zero-order chi connectivity index (χ0) is 21.3. The topological polar surface area (TPSA) is 86.5 Å². The van der Waals surface area contributed by atoms with E-state index in [1.54, 1.807) is 30.7 Å². The van der Waals surface area contributed by atoms with Crippen molar-refractivity contribution in [2.24, 2.45) is 5.92 Å². The Kier molecular flexibility index (Phi) is 7.45. The Hall–Kier alpha value is -3.33. The molecule has 1 aliphatic heterocycles. The van der Waals surface area contributed by atoms with Gasteiger partial charge < -0.3 is 19.1 Å². The number of rotatable bonds is 6. The molecule has 1 aromatic carbocycles. The van der Waals surface area contributed by atoms with Gasteiger partial charge in [-0.1, -0.05) is 0 Å². The standard InChI is InChI=1S/C20H19F2N3O2.CH2O2/c21-20(22)27-17-3-1-15(2-4-17)19-24-9-10-25(19)18-13-26-12-16(18)11-14-5-7-23-8-6-14;2-1-3/h1-10,16,18,20H,11-13H2;1H,(H,2,3)/t16-,18+;/m0./s1. The fraction of sp³-hybridized carbons (Fsp3) is 0.286. The number of hydrogen-bond donors (Lipinski definition) is 1. The molecular formula is C21H21F2N3O4. The monoisotopic (exact) mass is 417 g/mol. The van der Waals surface area contributed by atoms with Crippen LogP contribution in [0.15, 0.2) is 61.2 Å². The highest BCUT2D eigenvalue weighted by Gasteiger charge is 2.31. The van der Waals surface area contributed by atoms with E-state index in [1.807, 2.05) is 18.3 Å². The van der Waals surface area contributed by atoms with E-state index < -0.39 is 6.61 Å². The third kappa shape index (κ3) is 5.38. The molecule has 0 aliphatic carbocycles. The van der Waals surface area contributed by atoms with Crippen LogP contribution in [0.2, 0.25) is 0 Å². The number of ether oxygens (including phenoxy) is 2. The molecule has 1 saturated heterocycles. The summed E-state index contributed by atoms with van der Waals surface area (Å²) in [6, 6.07) is 10.7. The number of carboxylic acid groups (broad SMARTS) is 1. The summed E-state index contributed by atoms with van der Waals surface area (Å²) >= 11 is 0. The van der Waals surface area contributed by atoms with Crippen LogP contribution < -0.4 is 4.74 Å². The highest BCUT2D eigenvalue weighted by Crippen LogP contribution is 2.33. The fourth-order valence-corrected chi connectivity index (χ4v) is 3.50. The average Bonchev–Trinajstić information content (AvgIpc) is 3.39. The van der Waals surface area contributed by atoms with Crippen molar-refractivity contribution in [3.63, 3.8) is 0 Å². The van der Waals surface area contributed by atoms with E-state index >= 15 is 0 Å². The van der Waals surface area contributed by atoms with Crippen molar-refractivity contribution in [1.29, 1.82) is 0 Å². The maximum absolute atomic E-state index is 12.3. The molecule has 2 atom stereocenters. The number of aromatic nitrogens is 3. The molecule has 0 amide bonds. The molecule has 1 aliphatic rings. The Labute approximate surface area is 171 Å². The summed E-state index contributed by atoms with van der Waals surface area (Å²) in [4.78, 5) is 16.9. The first-order chi connectivity index (χ1) is 14.6. The maximum atomic E-state index is 12.3. The van der Waals surface area contributed by atoms with Crippen molar-refractivity contribution in [3.8, 4) is 17.1 Å². The van der Waals surface area contributed by atoms with Gasteiger partial charge in [0.2, 0.25) is 0 Å². The molecule has 1 N–H and O–H groups in total. The van der Waals surface area contributed by atoms with Crippen LogP contribution in [0.3, 0.4) is 0 Å². The summed E-state index contributed by atoms with van der Waals surface area (Å²) in [6.45, 7) is -1.78. The number of benzene rings is 1. The Morgan fingerprint density at radius 1 is 1.17 bits per heavy atom. The molecule has 4 rings (SSSR count). The molecule has 7 nitrogen and oxygen atoms in total. The third-order valence-corrected chi connectivity index (χ3v) is 4.78. The third-order valence-electron chi connectivity index (χ3n) is 4.78. The van der Waals surface area contributed by atoms with Gasteiger partial charge in [-0.2, -0.15) is 8.78 Å².